The highest BCUT2D eigenvalue weighted by atomic mass is 16.2. The van der Waals surface area contributed by atoms with Gasteiger partial charge in [0.2, 0.25) is 0 Å². The Hall–Kier alpha value is -0.770. The van der Waals surface area contributed by atoms with Crippen molar-refractivity contribution in [2.24, 2.45) is 0 Å². The quantitative estimate of drug-likeness (QED) is 0.613. The highest BCUT2D eigenvalue weighted by Gasteiger charge is 2.38. The summed E-state index contributed by atoms with van der Waals surface area (Å²) in [5, 5.41) is 2.75. The molecule has 2 heterocycles. The van der Waals surface area contributed by atoms with Gasteiger partial charge in [-0.3, -0.25) is 0 Å². The normalized spacial score (nSPS) is 32.9. The smallest absolute Gasteiger partial charge is 0.317 e. The fourth-order valence-corrected chi connectivity index (χ4v) is 2.70. The lowest BCUT2D eigenvalue weighted by atomic mass is 10.1. The summed E-state index contributed by atoms with van der Waals surface area (Å²) in [6.45, 7) is 2.15. The van der Waals surface area contributed by atoms with Crippen LogP contribution in [0.2, 0.25) is 0 Å². The van der Waals surface area contributed by atoms with Gasteiger partial charge in [-0.05, 0) is 32.9 Å². The number of carbonyl (C=O) groups excluding carboxylic acids is 1. The number of urea groups is 1. The number of carbonyl (C=O) groups is 1. The van der Waals surface area contributed by atoms with Crippen LogP contribution in [0.1, 0.15) is 19.3 Å². The van der Waals surface area contributed by atoms with Crippen molar-refractivity contribution in [3.63, 3.8) is 0 Å². The molecule has 0 aromatic heterocycles. The first-order chi connectivity index (χ1) is 6.72. The number of nitrogens with one attached hydrogen (secondary N) is 1. The average Bonchev–Trinajstić information content (AvgIpc) is 2.47. The fraction of sp³-hybridized carbons (Fsp3) is 0.900. The van der Waals surface area contributed by atoms with Crippen molar-refractivity contribution in [1.29, 1.82) is 0 Å². The third kappa shape index (κ3) is 1.59. The standard InChI is InChI=1S/C10H19N3O/c1-11-10(14)13-8-3-4-9(13)7-12(2)6-5-8/h8-9H,3-7H2,1-2H3,(H,11,14). The molecule has 0 spiro atoms. The van der Waals surface area contributed by atoms with Gasteiger partial charge in [-0.2, -0.15) is 0 Å². The summed E-state index contributed by atoms with van der Waals surface area (Å²) >= 11 is 0. The molecule has 2 bridgehead atoms. The van der Waals surface area contributed by atoms with Crippen molar-refractivity contribution in [3.8, 4) is 0 Å². The minimum atomic E-state index is 0.104. The van der Waals surface area contributed by atoms with Crippen LogP contribution in [0.4, 0.5) is 4.79 Å². The molecule has 2 saturated heterocycles. The molecule has 2 aliphatic rings. The summed E-state index contributed by atoms with van der Waals surface area (Å²) < 4.78 is 0. The minimum Gasteiger partial charge on any atom is -0.341 e. The second kappa shape index (κ2) is 3.77. The maximum atomic E-state index is 11.7. The largest absolute Gasteiger partial charge is 0.341 e. The molecule has 4 heteroatoms. The monoisotopic (exact) mass is 197 g/mol. The Bertz CT molecular complexity index is 231. The first kappa shape index (κ1) is 9.77. The zero-order valence-corrected chi connectivity index (χ0v) is 8.99. The van der Waals surface area contributed by atoms with E-state index in [4.69, 9.17) is 0 Å². The Labute approximate surface area is 85.2 Å². The van der Waals surface area contributed by atoms with Crippen molar-refractivity contribution >= 4 is 6.03 Å². The molecule has 1 N–H and O–H groups in total. The van der Waals surface area contributed by atoms with Crippen molar-refractivity contribution in [1.82, 2.24) is 15.1 Å². The highest BCUT2D eigenvalue weighted by Crippen LogP contribution is 2.29. The van der Waals surface area contributed by atoms with E-state index in [9.17, 15) is 4.79 Å². The van der Waals surface area contributed by atoms with Gasteiger partial charge in [0.05, 0.1) is 0 Å². The van der Waals surface area contributed by atoms with Gasteiger partial charge in [-0.25, -0.2) is 4.79 Å². The van der Waals surface area contributed by atoms with Crippen molar-refractivity contribution < 1.29 is 4.79 Å². The van der Waals surface area contributed by atoms with Gasteiger partial charge in [-0.15, -0.1) is 0 Å². The molecule has 2 amide bonds. The predicted molar refractivity (Wildman–Crippen MR) is 55.2 cm³/mol. The van der Waals surface area contributed by atoms with Gasteiger partial charge in [-0.1, -0.05) is 0 Å². The van der Waals surface area contributed by atoms with Crippen LogP contribution >= 0.6 is 0 Å². The Morgan fingerprint density at radius 3 is 2.71 bits per heavy atom. The molecular weight excluding hydrogens is 178 g/mol. The molecule has 2 rings (SSSR count). The first-order valence-electron chi connectivity index (χ1n) is 5.41. The van der Waals surface area contributed by atoms with Crippen LogP contribution in [0.25, 0.3) is 0 Å². The molecule has 0 aliphatic carbocycles. The van der Waals surface area contributed by atoms with Crippen LogP contribution in [-0.2, 0) is 0 Å². The maximum Gasteiger partial charge on any atom is 0.317 e. The van der Waals surface area contributed by atoms with Crippen LogP contribution in [-0.4, -0.2) is 55.1 Å². The number of likely N-dealkylation sites (tertiary alicyclic amines) is 1. The minimum absolute atomic E-state index is 0.104. The van der Waals surface area contributed by atoms with E-state index in [0.29, 0.717) is 12.1 Å². The molecule has 2 aliphatic heterocycles. The third-order valence-corrected chi connectivity index (χ3v) is 3.43. The van der Waals surface area contributed by atoms with Crippen molar-refractivity contribution in [2.75, 3.05) is 27.2 Å². The number of hydrogen-bond donors (Lipinski definition) is 1. The van der Waals surface area contributed by atoms with E-state index in [-0.39, 0.29) is 6.03 Å². The second-order valence-corrected chi connectivity index (χ2v) is 4.40. The Balaban J connectivity index is 2.12. The molecule has 2 atom stereocenters. The molecule has 14 heavy (non-hydrogen) atoms. The molecule has 2 fully saturated rings. The zero-order valence-electron chi connectivity index (χ0n) is 8.99. The molecule has 2 unspecified atom stereocenters. The van der Waals surface area contributed by atoms with Gasteiger partial charge in [0.15, 0.2) is 0 Å². The highest BCUT2D eigenvalue weighted by molar-refractivity contribution is 5.75. The maximum absolute atomic E-state index is 11.7. The Kier molecular flexibility index (Phi) is 2.63. The lowest BCUT2D eigenvalue weighted by molar-refractivity contribution is 0.175. The summed E-state index contributed by atoms with van der Waals surface area (Å²) in [5.74, 6) is 0. The van der Waals surface area contributed by atoms with Gasteiger partial charge in [0.25, 0.3) is 0 Å². The van der Waals surface area contributed by atoms with Crippen LogP contribution in [0, 0.1) is 0 Å². The summed E-state index contributed by atoms with van der Waals surface area (Å²) in [6.07, 6.45) is 3.48. The topological polar surface area (TPSA) is 35.6 Å². The number of likely N-dealkylation sites (N-methyl/N-ethyl adjacent to an activating group) is 1. The molecule has 0 aromatic carbocycles. The Morgan fingerprint density at radius 2 is 2.00 bits per heavy atom. The lowest BCUT2D eigenvalue weighted by Gasteiger charge is -2.27. The van der Waals surface area contributed by atoms with E-state index < -0.39 is 0 Å². The van der Waals surface area contributed by atoms with E-state index in [1.807, 2.05) is 0 Å². The average molecular weight is 197 g/mol. The van der Waals surface area contributed by atoms with E-state index >= 15 is 0 Å². The van der Waals surface area contributed by atoms with Crippen molar-refractivity contribution in [2.45, 2.75) is 31.3 Å². The number of nitrogens with zero attached hydrogens (tertiary/aromatic N) is 2. The van der Waals surface area contributed by atoms with Crippen LogP contribution in [0.15, 0.2) is 0 Å². The zero-order chi connectivity index (χ0) is 10.1. The number of rotatable bonds is 0. The molecule has 4 nitrogen and oxygen atoms in total. The predicted octanol–water partition coefficient (Wildman–Crippen LogP) is 0.494. The van der Waals surface area contributed by atoms with Gasteiger partial charge >= 0.3 is 6.03 Å². The number of fused-ring (bicyclic) bond motifs is 2. The SMILES string of the molecule is CNC(=O)N1C2CCC1CN(C)CC2. The van der Waals surface area contributed by atoms with E-state index in [1.54, 1.807) is 7.05 Å². The van der Waals surface area contributed by atoms with E-state index in [0.717, 1.165) is 19.5 Å². The number of amides is 2. The fourth-order valence-electron chi connectivity index (χ4n) is 2.70. The third-order valence-electron chi connectivity index (χ3n) is 3.43. The van der Waals surface area contributed by atoms with E-state index in [1.165, 1.54) is 12.8 Å². The summed E-state index contributed by atoms with van der Waals surface area (Å²) in [5.41, 5.74) is 0. The summed E-state index contributed by atoms with van der Waals surface area (Å²) in [7, 11) is 3.86. The van der Waals surface area contributed by atoms with Crippen LogP contribution < -0.4 is 5.32 Å². The van der Waals surface area contributed by atoms with E-state index in [2.05, 4.69) is 22.2 Å². The summed E-state index contributed by atoms with van der Waals surface area (Å²) in [4.78, 5) is 16.1. The summed E-state index contributed by atoms with van der Waals surface area (Å²) in [6, 6.07) is 1.02. The molecular formula is C10H19N3O. The van der Waals surface area contributed by atoms with Gasteiger partial charge < -0.3 is 15.1 Å². The van der Waals surface area contributed by atoms with Crippen LogP contribution in [0.3, 0.4) is 0 Å². The van der Waals surface area contributed by atoms with Crippen LogP contribution in [0.5, 0.6) is 0 Å². The lowest BCUT2D eigenvalue weighted by Crippen LogP contribution is -2.46. The Morgan fingerprint density at radius 1 is 1.29 bits per heavy atom. The molecule has 80 valence electrons. The van der Waals surface area contributed by atoms with Crippen molar-refractivity contribution in [3.05, 3.63) is 0 Å². The molecule has 0 radical (unpaired) electrons. The molecule has 0 aromatic rings. The van der Waals surface area contributed by atoms with Gasteiger partial charge in [0, 0.05) is 25.7 Å². The molecule has 0 saturated carbocycles. The first-order valence-corrected chi connectivity index (χ1v) is 5.41. The second-order valence-electron chi connectivity index (χ2n) is 4.40. The van der Waals surface area contributed by atoms with Gasteiger partial charge in [0.1, 0.15) is 0 Å². The number of hydrogen-bond acceptors (Lipinski definition) is 2.